The Morgan fingerprint density at radius 2 is 1.86 bits per heavy atom. The molecule has 2 unspecified atom stereocenters. The van der Waals surface area contributed by atoms with Crippen LogP contribution in [0.2, 0.25) is 0 Å². The molecule has 2 atom stereocenters. The predicted molar refractivity (Wildman–Crippen MR) is 106 cm³/mol. The minimum absolute atomic E-state index is 0.0572. The lowest BCUT2D eigenvalue weighted by atomic mass is 9.90. The zero-order chi connectivity index (χ0) is 20.6. The van der Waals surface area contributed by atoms with Crippen LogP contribution in [-0.4, -0.2) is 47.1 Å². The van der Waals surface area contributed by atoms with Crippen molar-refractivity contribution >= 4 is 12.2 Å². The van der Waals surface area contributed by atoms with Crippen molar-refractivity contribution in [1.29, 1.82) is 0 Å². The van der Waals surface area contributed by atoms with Gasteiger partial charge >= 0.3 is 5.97 Å². The van der Waals surface area contributed by atoms with Crippen molar-refractivity contribution in [1.82, 2.24) is 0 Å². The van der Waals surface area contributed by atoms with Gasteiger partial charge in [0.05, 0.1) is 18.3 Å². The van der Waals surface area contributed by atoms with Gasteiger partial charge in [-0.1, -0.05) is 18.2 Å². The first-order valence-corrected chi connectivity index (χ1v) is 9.94. The van der Waals surface area contributed by atoms with Crippen molar-refractivity contribution in [3.05, 3.63) is 41.1 Å². The molecule has 0 N–H and O–H groups in total. The van der Waals surface area contributed by atoms with Crippen LogP contribution in [0.4, 0.5) is 0 Å². The van der Waals surface area contributed by atoms with Crippen LogP contribution in [0, 0.1) is 11.1 Å². The van der Waals surface area contributed by atoms with E-state index in [4.69, 9.17) is 14.2 Å². The van der Waals surface area contributed by atoms with Crippen molar-refractivity contribution in [2.75, 3.05) is 7.11 Å². The molecule has 2 fully saturated rings. The number of rotatable bonds is 5. The maximum atomic E-state index is 12.8. The summed E-state index contributed by atoms with van der Waals surface area (Å²) in [6, 6.07) is 8.29. The Morgan fingerprint density at radius 3 is 2.43 bits per heavy atom. The summed E-state index contributed by atoms with van der Waals surface area (Å²) >= 11 is 0. The molecule has 6 nitrogen and oxygen atoms in total. The number of hydroxylamine groups is 1. The molecule has 1 aromatic rings. The van der Waals surface area contributed by atoms with E-state index in [-0.39, 0.29) is 5.92 Å². The monoisotopic (exact) mass is 389 g/mol. The summed E-state index contributed by atoms with van der Waals surface area (Å²) in [7, 11) is 1.31. The smallest absolute Gasteiger partial charge is 0.376 e. The molecular formula is C22H31NO5. The van der Waals surface area contributed by atoms with Gasteiger partial charge in [-0.05, 0) is 52.7 Å². The van der Waals surface area contributed by atoms with Crippen LogP contribution >= 0.6 is 0 Å². The lowest BCUT2D eigenvalue weighted by Gasteiger charge is -2.32. The van der Waals surface area contributed by atoms with Gasteiger partial charge in [-0.15, -0.1) is 0 Å². The van der Waals surface area contributed by atoms with E-state index in [1.165, 1.54) is 13.3 Å². The maximum Gasteiger partial charge on any atom is 0.376 e. The molecule has 1 saturated carbocycles. The molecule has 0 radical (unpaired) electrons. The number of methoxy groups -OCH3 is 1. The molecule has 1 aliphatic carbocycles. The van der Waals surface area contributed by atoms with E-state index in [2.05, 4.69) is 0 Å². The third kappa shape index (κ3) is 3.80. The van der Waals surface area contributed by atoms with E-state index in [1.54, 1.807) is 0 Å². The molecule has 3 rings (SSSR count). The lowest BCUT2D eigenvalue weighted by molar-refractivity contribution is -0.488. The fourth-order valence-corrected chi connectivity index (χ4v) is 4.20. The van der Waals surface area contributed by atoms with Gasteiger partial charge in [0.15, 0.2) is 12.0 Å². The highest BCUT2D eigenvalue weighted by atomic mass is 16.8. The fourth-order valence-electron chi connectivity index (χ4n) is 4.20. The minimum atomic E-state index is -0.941. The van der Waals surface area contributed by atoms with E-state index in [1.807, 2.05) is 58.0 Å². The Balaban J connectivity index is 1.85. The van der Waals surface area contributed by atoms with E-state index in [0.717, 1.165) is 24.8 Å². The highest BCUT2D eigenvalue weighted by molar-refractivity contribution is 5.79. The van der Waals surface area contributed by atoms with Gasteiger partial charge in [0.2, 0.25) is 0 Å². The number of esters is 1. The second-order valence-electron chi connectivity index (χ2n) is 8.80. The summed E-state index contributed by atoms with van der Waals surface area (Å²) in [5, 5.41) is 12.8. The third-order valence-corrected chi connectivity index (χ3v) is 6.37. The number of nitrogens with zero attached hydrogens (tertiary/aromatic N) is 1. The van der Waals surface area contributed by atoms with E-state index >= 15 is 0 Å². The molecule has 1 aromatic carbocycles. The van der Waals surface area contributed by atoms with Gasteiger partial charge in [-0.3, -0.25) is 0 Å². The van der Waals surface area contributed by atoms with Gasteiger partial charge in [-0.2, -0.15) is 4.74 Å². The first kappa shape index (κ1) is 20.8. The predicted octanol–water partition coefficient (Wildman–Crippen LogP) is 3.65. The number of hydrogen-bond donors (Lipinski definition) is 0. The molecule has 1 spiro atoms. The van der Waals surface area contributed by atoms with Gasteiger partial charge in [0.25, 0.3) is 6.04 Å². The molecule has 1 saturated heterocycles. The van der Waals surface area contributed by atoms with Crippen molar-refractivity contribution < 1.29 is 23.7 Å². The minimum Gasteiger partial charge on any atom is -0.623 e. The number of carbonyl (C=O) groups excluding carboxylic acids is 1. The average Bonchev–Trinajstić information content (AvgIpc) is 3.08. The van der Waals surface area contributed by atoms with Crippen molar-refractivity contribution in [3.8, 4) is 0 Å². The molecule has 0 aromatic heterocycles. The second-order valence-corrected chi connectivity index (χ2v) is 8.80. The maximum absolute atomic E-state index is 12.8. The van der Waals surface area contributed by atoms with Crippen LogP contribution in [-0.2, 0) is 19.0 Å². The van der Waals surface area contributed by atoms with Crippen LogP contribution in [0.15, 0.2) is 30.3 Å². The summed E-state index contributed by atoms with van der Waals surface area (Å²) in [6.45, 7) is 8.10. The zero-order valence-electron chi connectivity index (χ0n) is 17.4. The van der Waals surface area contributed by atoms with E-state index < -0.39 is 29.0 Å². The van der Waals surface area contributed by atoms with Crippen LogP contribution in [0.25, 0.3) is 0 Å². The Kier molecular flexibility index (Phi) is 5.56. The van der Waals surface area contributed by atoms with Gasteiger partial charge in [0.1, 0.15) is 0 Å². The van der Waals surface area contributed by atoms with Crippen LogP contribution < -0.4 is 0 Å². The van der Waals surface area contributed by atoms with Crippen LogP contribution in [0.1, 0.15) is 58.9 Å². The van der Waals surface area contributed by atoms with Gasteiger partial charge in [0, 0.05) is 24.3 Å². The second kappa shape index (κ2) is 7.48. The van der Waals surface area contributed by atoms with Crippen molar-refractivity contribution in [2.24, 2.45) is 5.92 Å². The first-order chi connectivity index (χ1) is 13.1. The standard InChI is InChI=1S/C22H31NO5/c1-20(2)21(3,4)28-22(27-20)13-9-12-17(22)14-18(19(24)26-5)23(25)15-16-10-7-6-8-11-16/h6-8,10-11,15,17-18H,9,12-14H2,1-5H3/b23-15+. The number of carbonyl (C=O) groups is 1. The Bertz CT molecular complexity index is 725. The highest BCUT2D eigenvalue weighted by Crippen LogP contribution is 2.54. The summed E-state index contributed by atoms with van der Waals surface area (Å²) in [5.41, 5.74) is -0.170. The summed E-state index contributed by atoms with van der Waals surface area (Å²) in [6.07, 6.45) is 4.31. The topological polar surface area (TPSA) is 70.8 Å². The number of hydrogen-bond acceptors (Lipinski definition) is 5. The molecule has 1 aliphatic heterocycles. The lowest BCUT2D eigenvalue weighted by Crippen LogP contribution is -2.42. The largest absolute Gasteiger partial charge is 0.623 e. The Labute approximate surface area is 167 Å². The van der Waals surface area contributed by atoms with E-state index in [9.17, 15) is 10.0 Å². The summed E-state index contributed by atoms with van der Waals surface area (Å²) in [5.74, 6) is -1.36. The summed E-state index contributed by atoms with van der Waals surface area (Å²) < 4.78 is 18.5. The Hall–Kier alpha value is -1.92. The fraction of sp³-hybridized carbons (Fsp3) is 0.636. The van der Waals surface area contributed by atoms with Gasteiger partial charge < -0.3 is 19.4 Å². The quantitative estimate of drug-likeness (QED) is 0.253. The summed E-state index contributed by atoms with van der Waals surface area (Å²) in [4.78, 5) is 12.4. The molecule has 0 bridgehead atoms. The van der Waals surface area contributed by atoms with Crippen molar-refractivity contribution in [2.45, 2.75) is 76.4 Å². The van der Waals surface area contributed by atoms with Crippen molar-refractivity contribution in [3.63, 3.8) is 0 Å². The normalized spacial score (nSPS) is 26.3. The van der Waals surface area contributed by atoms with Crippen LogP contribution in [0.5, 0.6) is 0 Å². The zero-order valence-corrected chi connectivity index (χ0v) is 17.4. The number of benzene rings is 1. The molecule has 0 amide bonds. The highest BCUT2D eigenvalue weighted by Gasteiger charge is 2.62. The Morgan fingerprint density at radius 1 is 1.25 bits per heavy atom. The first-order valence-electron chi connectivity index (χ1n) is 9.94. The SMILES string of the molecule is COC(=O)C(CC1CCCC12OC(C)(C)C(C)(C)O2)/[N+]([O-])=C\c1ccccc1. The molecule has 1 heterocycles. The number of ether oxygens (including phenoxy) is 3. The van der Waals surface area contributed by atoms with Crippen LogP contribution in [0.3, 0.4) is 0 Å². The molecule has 28 heavy (non-hydrogen) atoms. The molecule has 154 valence electrons. The average molecular weight is 389 g/mol. The molecular weight excluding hydrogens is 358 g/mol. The third-order valence-electron chi connectivity index (χ3n) is 6.37. The molecule has 2 aliphatic rings. The van der Waals surface area contributed by atoms with E-state index in [0.29, 0.717) is 11.2 Å². The van der Waals surface area contributed by atoms with Gasteiger partial charge in [-0.25, -0.2) is 4.79 Å². The molecule has 6 heteroatoms.